The van der Waals surface area contributed by atoms with Crippen LogP contribution in [0.2, 0.25) is 0 Å². The molecule has 3 atom stereocenters. The Morgan fingerprint density at radius 3 is 2.67 bits per heavy atom. The average Bonchev–Trinajstić information content (AvgIpc) is 2.60. The molecule has 1 aromatic rings. The van der Waals surface area contributed by atoms with Crippen molar-refractivity contribution in [3.8, 4) is 0 Å². The lowest BCUT2D eigenvalue weighted by molar-refractivity contribution is 0.0696. The van der Waals surface area contributed by atoms with E-state index in [2.05, 4.69) is 24.1 Å². The van der Waals surface area contributed by atoms with E-state index in [-0.39, 0.29) is 0 Å². The van der Waals surface area contributed by atoms with Crippen LogP contribution in [0.15, 0.2) is 12.1 Å². The maximum absolute atomic E-state index is 11.0. The molecule has 1 aromatic heterocycles. The molecule has 0 aliphatic heterocycles. The Hall–Kier alpha value is -1.58. The summed E-state index contributed by atoms with van der Waals surface area (Å²) in [7, 11) is 0. The highest BCUT2D eigenvalue weighted by Gasteiger charge is 2.29. The van der Waals surface area contributed by atoms with Gasteiger partial charge in [0.2, 0.25) is 0 Å². The van der Waals surface area contributed by atoms with E-state index < -0.39 is 5.97 Å². The largest absolute Gasteiger partial charge is 0.478 e. The second-order valence-corrected chi connectivity index (χ2v) is 5.35. The molecule has 1 aliphatic carbocycles. The molecule has 0 aromatic carbocycles. The van der Waals surface area contributed by atoms with Crippen LogP contribution in [0.3, 0.4) is 0 Å². The fourth-order valence-corrected chi connectivity index (χ4v) is 2.62. The van der Waals surface area contributed by atoms with E-state index in [0.717, 1.165) is 12.1 Å². The summed E-state index contributed by atoms with van der Waals surface area (Å²) in [6.07, 6.45) is 2.34. The van der Waals surface area contributed by atoms with Gasteiger partial charge in [0, 0.05) is 11.7 Å². The predicted octanol–water partition coefficient (Wildman–Crippen LogP) is 2.93. The van der Waals surface area contributed by atoms with Crippen molar-refractivity contribution < 1.29 is 9.90 Å². The van der Waals surface area contributed by atoms with Gasteiger partial charge in [-0.15, -0.1) is 0 Å². The SMILES string of the molecule is Cc1cc(C(=O)O)cc(NC2CCC(C)C2C)n1. The molecular weight excluding hydrogens is 228 g/mol. The molecule has 18 heavy (non-hydrogen) atoms. The first kappa shape index (κ1) is 12.9. The van der Waals surface area contributed by atoms with E-state index in [4.69, 9.17) is 5.11 Å². The maximum Gasteiger partial charge on any atom is 0.335 e. The summed E-state index contributed by atoms with van der Waals surface area (Å²) in [5, 5.41) is 12.4. The van der Waals surface area contributed by atoms with Crippen molar-refractivity contribution in [2.45, 2.75) is 39.7 Å². The summed E-state index contributed by atoms with van der Waals surface area (Å²) >= 11 is 0. The van der Waals surface area contributed by atoms with Gasteiger partial charge < -0.3 is 10.4 Å². The summed E-state index contributed by atoms with van der Waals surface area (Å²) < 4.78 is 0. The van der Waals surface area contributed by atoms with Gasteiger partial charge in [0.15, 0.2) is 0 Å². The van der Waals surface area contributed by atoms with Crippen LogP contribution in [-0.4, -0.2) is 22.1 Å². The number of aryl methyl sites for hydroxylation is 1. The second-order valence-electron chi connectivity index (χ2n) is 5.35. The van der Waals surface area contributed by atoms with Crippen molar-refractivity contribution in [1.82, 2.24) is 4.98 Å². The van der Waals surface area contributed by atoms with Crippen LogP contribution in [0, 0.1) is 18.8 Å². The van der Waals surface area contributed by atoms with Gasteiger partial charge in [-0.2, -0.15) is 0 Å². The molecule has 0 spiro atoms. The molecule has 0 radical (unpaired) electrons. The first-order chi connectivity index (χ1) is 8.47. The fraction of sp³-hybridized carbons (Fsp3) is 0.571. The third-order valence-electron chi connectivity index (χ3n) is 4.00. The highest BCUT2D eigenvalue weighted by atomic mass is 16.4. The van der Waals surface area contributed by atoms with Crippen molar-refractivity contribution >= 4 is 11.8 Å². The van der Waals surface area contributed by atoms with Crippen LogP contribution in [0.4, 0.5) is 5.82 Å². The lowest BCUT2D eigenvalue weighted by Gasteiger charge is -2.20. The molecule has 0 saturated heterocycles. The van der Waals surface area contributed by atoms with Gasteiger partial charge in [0.25, 0.3) is 0 Å². The molecule has 2 rings (SSSR count). The van der Waals surface area contributed by atoms with Crippen LogP contribution < -0.4 is 5.32 Å². The number of aromatic carboxylic acids is 1. The van der Waals surface area contributed by atoms with Crippen molar-refractivity contribution in [3.05, 3.63) is 23.4 Å². The number of nitrogens with zero attached hydrogens (tertiary/aromatic N) is 1. The van der Waals surface area contributed by atoms with Gasteiger partial charge >= 0.3 is 5.97 Å². The van der Waals surface area contributed by atoms with Crippen LogP contribution >= 0.6 is 0 Å². The molecule has 1 saturated carbocycles. The minimum atomic E-state index is -0.906. The highest BCUT2D eigenvalue weighted by molar-refractivity contribution is 5.88. The summed E-state index contributed by atoms with van der Waals surface area (Å²) in [4.78, 5) is 15.4. The molecule has 0 amide bonds. The van der Waals surface area contributed by atoms with E-state index in [9.17, 15) is 4.79 Å². The standard InChI is InChI=1S/C14H20N2O2/c1-8-4-5-12(10(8)3)16-13-7-11(14(17)18)6-9(2)15-13/h6-8,10,12H,4-5H2,1-3H3,(H,15,16)(H,17,18). The Bertz CT molecular complexity index is 459. The second kappa shape index (κ2) is 4.96. The molecule has 4 nitrogen and oxygen atoms in total. The van der Waals surface area contributed by atoms with Gasteiger partial charge in [-0.05, 0) is 43.7 Å². The van der Waals surface area contributed by atoms with Gasteiger partial charge in [-0.3, -0.25) is 0 Å². The first-order valence-electron chi connectivity index (χ1n) is 6.46. The zero-order valence-electron chi connectivity index (χ0n) is 11.1. The zero-order valence-corrected chi connectivity index (χ0v) is 11.1. The van der Waals surface area contributed by atoms with Gasteiger partial charge in [-0.25, -0.2) is 9.78 Å². The zero-order chi connectivity index (χ0) is 13.3. The van der Waals surface area contributed by atoms with E-state index in [1.54, 1.807) is 12.1 Å². The highest BCUT2D eigenvalue weighted by Crippen LogP contribution is 2.33. The summed E-state index contributed by atoms with van der Waals surface area (Å²) in [6.45, 7) is 6.32. The molecule has 0 bridgehead atoms. The maximum atomic E-state index is 11.0. The van der Waals surface area contributed by atoms with Crippen LogP contribution in [0.25, 0.3) is 0 Å². The van der Waals surface area contributed by atoms with Crippen molar-refractivity contribution in [3.63, 3.8) is 0 Å². The Morgan fingerprint density at radius 1 is 1.39 bits per heavy atom. The van der Waals surface area contributed by atoms with E-state index in [0.29, 0.717) is 29.3 Å². The molecule has 1 fully saturated rings. The molecule has 98 valence electrons. The Labute approximate surface area is 107 Å². The first-order valence-corrected chi connectivity index (χ1v) is 6.46. The number of carboxylic acids is 1. The lowest BCUT2D eigenvalue weighted by Crippen LogP contribution is -2.24. The lowest BCUT2D eigenvalue weighted by atomic mass is 9.98. The van der Waals surface area contributed by atoms with E-state index in [1.165, 1.54) is 6.42 Å². The number of hydrogen-bond donors (Lipinski definition) is 2. The summed E-state index contributed by atoms with van der Waals surface area (Å²) in [5.74, 6) is 1.08. The quantitative estimate of drug-likeness (QED) is 0.863. The smallest absolute Gasteiger partial charge is 0.335 e. The van der Waals surface area contributed by atoms with Gasteiger partial charge in [0.05, 0.1) is 5.56 Å². The van der Waals surface area contributed by atoms with Crippen molar-refractivity contribution in [2.75, 3.05) is 5.32 Å². The van der Waals surface area contributed by atoms with Gasteiger partial charge in [0.1, 0.15) is 5.82 Å². The number of aromatic nitrogens is 1. The number of carboxylic acid groups (broad SMARTS) is 1. The number of nitrogens with one attached hydrogen (secondary N) is 1. The average molecular weight is 248 g/mol. The molecule has 2 N–H and O–H groups in total. The topological polar surface area (TPSA) is 62.2 Å². The van der Waals surface area contributed by atoms with Crippen LogP contribution in [0.5, 0.6) is 0 Å². The van der Waals surface area contributed by atoms with Crippen molar-refractivity contribution in [2.24, 2.45) is 11.8 Å². The molecule has 4 heteroatoms. The summed E-state index contributed by atoms with van der Waals surface area (Å²) in [6, 6.07) is 3.61. The number of rotatable bonds is 3. The third-order valence-corrected chi connectivity index (χ3v) is 4.00. The van der Waals surface area contributed by atoms with E-state index in [1.807, 2.05) is 6.92 Å². The molecule has 3 unspecified atom stereocenters. The summed E-state index contributed by atoms with van der Waals surface area (Å²) in [5.41, 5.74) is 1.03. The monoisotopic (exact) mass is 248 g/mol. The number of hydrogen-bond acceptors (Lipinski definition) is 3. The Kier molecular flexibility index (Phi) is 3.55. The van der Waals surface area contributed by atoms with Crippen LogP contribution in [-0.2, 0) is 0 Å². The van der Waals surface area contributed by atoms with Crippen LogP contribution in [0.1, 0.15) is 42.7 Å². The van der Waals surface area contributed by atoms with Crippen molar-refractivity contribution in [1.29, 1.82) is 0 Å². The molecule has 1 aliphatic rings. The number of carbonyl (C=O) groups is 1. The minimum Gasteiger partial charge on any atom is -0.478 e. The Morgan fingerprint density at radius 2 is 2.11 bits per heavy atom. The predicted molar refractivity (Wildman–Crippen MR) is 70.9 cm³/mol. The normalized spacial score (nSPS) is 27.2. The molecular formula is C14H20N2O2. The van der Waals surface area contributed by atoms with Gasteiger partial charge in [-0.1, -0.05) is 13.8 Å². The number of pyridine rings is 1. The minimum absolute atomic E-state index is 0.295. The van der Waals surface area contributed by atoms with E-state index >= 15 is 0 Å². The third kappa shape index (κ3) is 2.63. The fourth-order valence-electron chi connectivity index (χ4n) is 2.62. The molecule has 1 heterocycles. The number of anilines is 1. The Balaban J connectivity index is 2.16.